The molecule has 0 unspecified atom stereocenters. The maximum atomic E-state index is 11.9. The van der Waals surface area contributed by atoms with Crippen molar-refractivity contribution < 1.29 is 14.7 Å². The largest absolute Gasteiger partial charge is 0.478 e. The van der Waals surface area contributed by atoms with Gasteiger partial charge in [-0.15, -0.1) is 0 Å². The van der Waals surface area contributed by atoms with Crippen LogP contribution in [-0.2, 0) is 6.54 Å². The summed E-state index contributed by atoms with van der Waals surface area (Å²) in [5, 5.41) is 18.3. The van der Waals surface area contributed by atoms with Crippen molar-refractivity contribution in [3.63, 3.8) is 0 Å². The summed E-state index contributed by atoms with van der Waals surface area (Å²) < 4.78 is 0.620. The number of benzene rings is 1. The van der Waals surface area contributed by atoms with E-state index in [4.69, 9.17) is 5.11 Å². The van der Waals surface area contributed by atoms with Crippen molar-refractivity contribution in [3.05, 3.63) is 50.1 Å². The fraction of sp³-hybridized carbons (Fsp3) is 0.143. The highest BCUT2D eigenvalue weighted by atomic mass is 79.9. The van der Waals surface area contributed by atoms with Gasteiger partial charge in [0, 0.05) is 11.0 Å². The lowest BCUT2D eigenvalue weighted by Crippen LogP contribution is -2.28. The van der Waals surface area contributed by atoms with Crippen molar-refractivity contribution >= 4 is 45.0 Å². The van der Waals surface area contributed by atoms with Crippen LogP contribution in [0.3, 0.4) is 0 Å². The third-order valence-electron chi connectivity index (χ3n) is 2.86. The number of anilines is 1. The Morgan fingerprint density at radius 2 is 2.10 bits per heavy atom. The van der Waals surface area contributed by atoms with Crippen molar-refractivity contribution in [2.45, 2.75) is 13.5 Å². The number of thiophene rings is 1. The Morgan fingerprint density at radius 1 is 1.33 bits per heavy atom. The fourth-order valence-electron chi connectivity index (χ4n) is 1.66. The Balaban J connectivity index is 2.01. The summed E-state index contributed by atoms with van der Waals surface area (Å²) in [6.45, 7) is 2.41. The minimum Gasteiger partial charge on any atom is -0.478 e. The molecular formula is C14H13BrN2O3S. The lowest BCUT2D eigenvalue weighted by molar-refractivity contribution is 0.0697. The maximum absolute atomic E-state index is 11.9. The molecule has 2 rings (SSSR count). The lowest BCUT2D eigenvalue weighted by Gasteiger charge is -2.10. The molecule has 1 aromatic carbocycles. The molecule has 21 heavy (non-hydrogen) atoms. The summed E-state index contributed by atoms with van der Waals surface area (Å²) in [5.74, 6) is -1.04. The van der Waals surface area contributed by atoms with Crippen LogP contribution >= 0.6 is 27.3 Å². The molecule has 0 bridgehead atoms. The molecule has 0 aliphatic carbocycles. The first-order valence-electron chi connectivity index (χ1n) is 6.06. The first kappa shape index (κ1) is 15.5. The van der Waals surface area contributed by atoms with Crippen molar-refractivity contribution in [2.75, 3.05) is 5.32 Å². The number of urea groups is 1. The molecule has 0 spiro atoms. The molecule has 0 aliphatic rings. The molecule has 2 amide bonds. The second-order valence-electron chi connectivity index (χ2n) is 4.39. The summed E-state index contributed by atoms with van der Waals surface area (Å²) in [6, 6.07) is 4.07. The van der Waals surface area contributed by atoms with Gasteiger partial charge in [0.25, 0.3) is 0 Å². The first-order chi connectivity index (χ1) is 9.97. The Bertz CT molecular complexity index is 685. The van der Waals surface area contributed by atoms with Crippen LogP contribution in [-0.4, -0.2) is 17.1 Å². The number of nitrogens with one attached hydrogen (secondary N) is 2. The monoisotopic (exact) mass is 368 g/mol. The minimum absolute atomic E-state index is 0.113. The molecular weight excluding hydrogens is 356 g/mol. The number of hydrogen-bond acceptors (Lipinski definition) is 3. The van der Waals surface area contributed by atoms with Gasteiger partial charge < -0.3 is 15.7 Å². The Labute approximate surface area is 134 Å². The van der Waals surface area contributed by atoms with Gasteiger partial charge >= 0.3 is 12.0 Å². The Kier molecular flexibility index (Phi) is 4.98. The van der Waals surface area contributed by atoms with Gasteiger partial charge in [0.1, 0.15) is 0 Å². The normalized spacial score (nSPS) is 10.2. The van der Waals surface area contributed by atoms with E-state index >= 15 is 0 Å². The van der Waals surface area contributed by atoms with Crippen molar-refractivity contribution in [3.8, 4) is 0 Å². The number of halogens is 1. The molecule has 1 heterocycles. The average molecular weight is 369 g/mol. The van der Waals surface area contributed by atoms with Gasteiger partial charge in [-0.1, -0.05) is 0 Å². The summed E-state index contributed by atoms with van der Waals surface area (Å²) in [6.07, 6.45) is 0. The highest BCUT2D eigenvalue weighted by Gasteiger charge is 2.10. The molecule has 0 saturated heterocycles. The van der Waals surface area contributed by atoms with Crippen molar-refractivity contribution in [1.82, 2.24) is 5.32 Å². The van der Waals surface area contributed by atoms with Crippen LogP contribution in [0.4, 0.5) is 10.5 Å². The van der Waals surface area contributed by atoms with Crippen LogP contribution in [0.2, 0.25) is 0 Å². The van der Waals surface area contributed by atoms with Crippen LogP contribution in [0.5, 0.6) is 0 Å². The van der Waals surface area contributed by atoms with Gasteiger partial charge in [-0.2, -0.15) is 11.3 Å². The minimum atomic E-state index is -1.04. The number of carboxylic acid groups (broad SMARTS) is 1. The second-order valence-corrected chi connectivity index (χ2v) is 5.99. The average Bonchev–Trinajstić information content (AvgIpc) is 2.84. The number of rotatable bonds is 4. The van der Waals surface area contributed by atoms with E-state index in [1.54, 1.807) is 17.4 Å². The molecule has 0 radical (unpaired) electrons. The van der Waals surface area contributed by atoms with Gasteiger partial charge in [0.2, 0.25) is 0 Å². The third kappa shape index (κ3) is 4.05. The Hall–Kier alpha value is -1.86. The van der Waals surface area contributed by atoms with Crippen LogP contribution in [0.25, 0.3) is 0 Å². The number of aryl methyl sites for hydroxylation is 1. The molecule has 0 saturated carbocycles. The molecule has 2 aromatic rings. The van der Waals surface area contributed by atoms with Crippen molar-refractivity contribution in [2.24, 2.45) is 0 Å². The van der Waals surface area contributed by atoms with E-state index in [0.29, 0.717) is 16.7 Å². The molecule has 5 nitrogen and oxygen atoms in total. The van der Waals surface area contributed by atoms with Gasteiger partial charge in [-0.3, -0.25) is 0 Å². The molecule has 0 aliphatic heterocycles. The van der Waals surface area contributed by atoms with E-state index in [0.717, 1.165) is 11.1 Å². The van der Waals surface area contributed by atoms with Crippen LogP contribution in [0.15, 0.2) is 33.4 Å². The SMILES string of the molecule is Cc1cscc1CNC(=O)Nc1cc(C(=O)O)ccc1Br. The molecule has 1 aromatic heterocycles. The highest BCUT2D eigenvalue weighted by molar-refractivity contribution is 9.10. The van der Waals surface area contributed by atoms with E-state index in [1.807, 2.05) is 17.7 Å². The number of aromatic carboxylic acids is 1. The number of amides is 2. The smallest absolute Gasteiger partial charge is 0.335 e. The summed E-state index contributed by atoms with van der Waals surface area (Å²) in [7, 11) is 0. The fourth-order valence-corrected chi connectivity index (χ4v) is 2.87. The van der Waals surface area contributed by atoms with E-state index in [2.05, 4.69) is 26.6 Å². The topological polar surface area (TPSA) is 78.4 Å². The van der Waals surface area contributed by atoms with Crippen molar-refractivity contribution in [1.29, 1.82) is 0 Å². The summed E-state index contributed by atoms with van der Waals surface area (Å²) >= 11 is 4.86. The number of carboxylic acids is 1. The summed E-state index contributed by atoms with van der Waals surface area (Å²) in [4.78, 5) is 22.8. The Morgan fingerprint density at radius 3 is 2.71 bits per heavy atom. The standard InChI is InChI=1S/C14H13BrN2O3S/c1-8-6-21-7-10(8)5-16-14(20)17-12-4-9(13(18)19)2-3-11(12)15/h2-4,6-7H,5H2,1H3,(H,18,19)(H2,16,17,20). The van der Waals surface area contributed by atoms with Gasteiger partial charge in [-0.05, 0) is 62.9 Å². The molecule has 0 atom stereocenters. The van der Waals surface area contributed by atoms with E-state index in [9.17, 15) is 9.59 Å². The number of hydrogen-bond donors (Lipinski definition) is 3. The zero-order valence-corrected chi connectivity index (χ0v) is 13.5. The van der Waals surface area contributed by atoms with Gasteiger partial charge in [0.15, 0.2) is 0 Å². The second kappa shape index (κ2) is 6.73. The van der Waals surface area contributed by atoms with Crippen LogP contribution in [0.1, 0.15) is 21.5 Å². The predicted octanol–water partition coefficient (Wildman–Crippen LogP) is 3.84. The van der Waals surface area contributed by atoms with E-state index < -0.39 is 5.97 Å². The lowest BCUT2D eigenvalue weighted by atomic mass is 10.2. The highest BCUT2D eigenvalue weighted by Crippen LogP contribution is 2.23. The van der Waals surface area contributed by atoms with E-state index in [1.165, 1.54) is 12.1 Å². The van der Waals surface area contributed by atoms with Gasteiger partial charge in [-0.25, -0.2) is 9.59 Å². The maximum Gasteiger partial charge on any atom is 0.335 e. The van der Waals surface area contributed by atoms with Crippen LogP contribution in [0, 0.1) is 6.92 Å². The molecule has 110 valence electrons. The first-order valence-corrected chi connectivity index (χ1v) is 7.80. The zero-order chi connectivity index (χ0) is 15.4. The molecule has 0 fully saturated rings. The van der Waals surface area contributed by atoms with E-state index in [-0.39, 0.29) is 11.6 Å². The van der Waals surface area contributed by atoms with Gasteiger partial charge in [0.05, 0.1) is 11.3 Å². The molecule has 7 heteroatoms. The predicted molar refractivity (Wildman–Crippen MR) is 86.0 cm³/mol. The molecule has 3 N–H and O–H groups in total. The third-order valence-corrected chi connectivity index (χ3v) is 4.46. The zero-order valence-electron chi connectivity index (χ0n) is 11.1. The number of carbonyl (C=O) groups is 2. The van der Waals surface area contributed by atoms with Crippen LogP contribution < -0.4 is 10.6 Å². The quantitative estimate of drug-likeness (QED) is 0.766. The summed E-state index contributed by atoms with van der Waals surface area (Å²) in [5.41, 5.74) is 2.72. The number of carbonyl (C=O) groups excluding carboxylic acids is 1.